The van der Waals surface area contributed by atoms with Crippen LogP contribution in [0.3, 0.4) is 0 Å². The fraction of sp³-hybridized carbons (Fsp3) is 0.143. The van der Waals surface area contributed by atoms with E-state index in [2.05, 4.69) is 15.6 Å². The predicted molar refractivity (Wildman–Crippen MR) is 109 cm³/mol. The molecular weight excluding hydrogens is 362 g/mol. The van der Waals surface area contributed by atoms with E-state index in [0.29, 0.717) is 28.6 Å². The Balaban J connectivity index is 1.55. The third kappa shape index (κ3) is 4.99. The van der Waals surface area contributed by atoms with Crippen molar-refractivity contribution in [1.82, 2.24) is 4.98 Å². The number of hydrogen-bond donors (Lipinski definition) is 2. The van der Waals surface area contributed by atoms with Gasteiger partial charge in [0.25, 0.3) is 5.91 Å². The molecule has 0 aliphatic carbocycles. The van der Waals surface area contributed by atoms with Crippen molar-refractivity contribution in [1.29, 1.82) is 0 Å². The monoisotopic (exact) mass is 381 g/mol. The van der Waals surface area contributed by atoms with Crippen LogP contribution in [0.1, 0.15) is 15.9 Å². The highest BCUT2D eigenvalue weighted by Crippen LogP contribution is 2.21. The fourth-order valence-corrected chi connectivity index (χ4v) is 2.81. The van der Waals surface area contributed by atoms with Gasteiger partial charge in [-0.3, -0.25) is 4.79 Å². The Morgan fingerprint density at radius 2 is 1.85 bits per heavy atom. The minimum atomic E-state index is -0.254. The summed E-state index contributed by atoms with van der Waals surface area (Å²) in [4.78, 5) is 16.6. The molecule has 0 aliphatic rings. The summed E-state index contributed by atoms with van der Waals surface area (Å²) in [7, 11) is 1.67. The zero-order chi connectivity index (χ0) is 19.1. The van der Waals surface area contributed by atoms with Gasteiger partial charge in [-0.05, 0) is 42.3 Å². The minimum Gasteiger partial charge on any atom is -0.496 e. The Morgan fingerprint density at radius 1 is 1.07 bits per heavy atom. The highest BCUT2D eigenvalue weighted by Gasteiger charge is 2.09. The molecule has 2 aromatic carbocycles. The van der Waals surface area contributed by atoms with E-state index < -0.39 is 0 Å². The maximum Gasteiger partial charge on any atom is 0.257 e. The second kappa shape index (κ2) is 9.05. The number of para-hydroxylation sites is 2. The topological polar surface area (TPSA) is 63.2 Å². The average Bonchev–Trinajstić information content (AvgIpc) is 2.70. The van der Waals surface area contributed by atoms with Gasteiger partial charge in [0.05, 0.1) is 23.4 Å². The van der Waals surface area contributed by atoms with Crippen molar-refractivity contribution < 1.29 is 9.53 Å². The standard InChI is InChI=1S/C21H20ClN3O2/c1-27-19-9-5-2-6-15(19)12-13-23-20-11-10-16(14-24-20)21(26)25-18-8-4-3-7-17(18)22/h2-11,14H,12-13H2,1H3,(H,23,24)(H,25,26). The predicted octanol–water partition coefficient (Wildman–Crippen LogP) is 4.65. The molecule has 3 aromatic rings. The van der Waals surface area contributed by atoms with Gasteiger partial charge in [0.1, 0.15) is 11.6 Å². The Kier molecular flexibility index (Phi) is 6.28. The molecule has 138 valence electrons. The summed E-state index contributed by atoms with van der Waals surface area (Å²) in [6.45, 7) is 0.707. The quantitative estimate of drug-likeness (QED) is 0.625. The third-order valence-electron chi connectivity index (χ3n) is 4.04. The number of amides is 1. The number of methoxy groups -OCH3 is 1. The van der Waals surface area contributed by atoms with Crippen molar-refractivity contribution in [3.8, 4) is 5.75 Å². The van der Waals surface area contributed by atoms with Crippen LogP contribution in [0.15, 0.2) is 66.9 Å². The molecule has 2 N–H and O–H groups in total. The van der Waals surface area contributed by atoms with E-state index in [9.17, 15) is 4.79 Å². The first-order chi connectivity index (χ1) is 13.2. The molecule has 0 fully saturated rings. The number of rotatable bonds is 7. The lowest BCUT2D eigenvalue weighted by molar-refractivity contribution is 0.102. The number of halogens is 1. The van der Waals surface area contributed by atoms with Crippen molar-refractivity contribution >= 4 is 29.0 Å². The second-order valence-corrected chi connectivity index (χ2v) is 6.26. The van der Waals surface area contributed by atoms with E-state index >= 15 is 0 Å². The van der Waals surface area contributed by atoms with Crippen LogP contribution in [0.25, 0.3) is 0 Å². The highest BCUT2D eigenvalue weighted by molar-refractivity contribution is 6.33. The van der Waals surface area contributed by atoms with Crippen LogP contribution in [0, 0.1) is 0 Å². The van der Waals surface area contributed by atoms with Gasteiger partial charge < -0.3 is 15.4 Å². The average molecular weight is 382 g/mol. The first-order valence-corrected chi connectivity index (χ1v) is 8.93. The second-order valence-electron chi connectivity index (χ2n) is 5.85. The molecule has 1 amide bonds. The number of nitrogens with zero attached hydrogens (tertiary/aromatic N) is 1. The van der Waals surface area contributed by atoms with E-state index in [1.165, 1.54) is 6.20 Å². The van der Waals surface area contributed by atoms with Crippen molar-refractivity contribution in [3.05, 3.63) is 83.0 Å². The zero-order valence-corrected chi connectivity index (χ0v) is 15.7. The number of hydrogen-bond acceptors (Lipinski definition) is 4. The molecule has 0 spiro atoms. The SMILES string of the molecule is COc1ccccc1CCNc1ccc(C(=O)Nc2ccccc2Cl)cn1. The van der Waals surface area contributed by atoms with Crippen LogP contribution in [0.4, 0.5) is 11.5 Å². The lowest BCUT2D eigenvalue weighted by Gasteiger charge is -2.10. The maximum atomic E-state index is 12.3. The lowest BCUT2D eigenvalue weighted by Crippen LogP contribution is -2.13. The lowest BCUT2D eigenvalue weighted by atomic mass is 10.1. The number of ether oxygens (including phenoxy) is 1. The summed E-state index contributed by atoms with van der Waals surface area (Å²) in [6, 6.07) is 18.5. The van der Waals surface area contributed by atoms with Crippen LogP contribution in [0.5, 0.6) is 5.75 Å². The molecule has 0 unspecified atom stereocenters. The van der Waals surface area contributed by atoms with Crippen molar-refractivity contribution in [2.75, 3.05) is 24.3 Å². The molecule has 1 heterocycles. The van der Waals surface area contributed by atoms with Crippen LogP contribution >= 0.6 is 11.6 Å². The summed E-state index contributed by atoms with van der Waals surface area (Å²) in [6.07, 6.45) is 2.35. The summed E-state index contributed by atoms with van der Waals surface area (Å²) in [5.74, 6) is 1.33. The van der Waals surface area contributed by atoms with Crippen LogP contribution in [-0.2, 0) is 6.42 Å². The van der Waals surface area contributed by atoms with Crippen molar-refractivity contribution in [3.63, 3.8) is 0 Å². The molecular formula is C21H20ClN3O2. The van der Waals surface area contributed by atoms with E-state index in [0.717, 1.165) is 17.7 Å². The summed E-state index contributed by atoms with van der Waals surface area (Å²) in [5.41, 5.74) is 2.16. The molecule has 3 rings (SSSR count). The number of nitrogens with one attached hydrogen (secondary N) is 2. The van der Waals surface area contributed by atoms with Gasteiger partial charge in [0.2, 0.25) is 0 Å². The van der Waals surface area contributed by atoms with Gasteiger partial charge in [-0.2, -0.15) is 0 Å². The van der Waals surface area contributed by atoms with Gasteiger partial charge in [0, 0.05) is 12.7 Å². The van der Waals surface area contributed by atoms with Gasteiger partial charge >= 0.3 is 0 Å². The number of carbonyl (C=O) groups excluding carboxylic acids is 1. The Hall–Kier alpha value is -3.05. The molecule has 0 aliphatic heterocycles. The van der Waals surface area contributed by atoms with E-state index in [-0.39, 0.29) is 5.91 Å². The molecule has 5 nitrogen and oxygen atoms in total. The van der Waals surface area contributed by atoms with Gasteiger partial charge in [-0.25, -0.2) is 4.98 Å². The summed E-state index contributed by atoms with van der Waals surface area (Å²) in [5, 5.41) is 6.52. The zero-order valence-electron chi connectivity index (χ0n) is 14.9. The molecule has 0 atom stereocenters. The normalized spacial score (nSPS) is 10.3. The number of anilines is 2. The minimum absolute atomic E-state index is 0.254. The number of benzene rings is 2. The Labute approximate surface area is 163 Å². The van der Waals surface area contributed by atoms with E-state index in [1.807, 2.05) is 36.4 Å². The molecule has 0 bridgehead atoms. The van der Waals surface area contributed by atoms with Crippen LogP contribution < -0.4 is 15.4 Å². The van der Waals surface area contributed by atoms with Crippen LogP contribution in [0.2, 0.25) is 5.02 Å². The highest BCUT2D eigenvalue weighted by atomic mass is 35.5. The van der Waals surface area contributed by atoms with Gasteiger partial charge in [0.15, 0.2) is 0 Å². The summed E-state index contributed by atoms with van der Waals surface area (Å²) >= 11 is 6.06. The third-order valence-corrected chi connectivity index (χ3v) is 4.37. The molecule has 0 saturated heterocycles. The summed E-state index contributed by atoms with van der Waals surface area (Å²) < 4.78 is 5.35. The van der Waals surface area contributed by atoms with Crippen molar-refractivity contribution in [2.24, 2.45) is 0 Å². The molecule has 1 aromatic heterocycles. The molecule has 0 saturated carbocycles. The first kappa shape index (κ1) is 18.7. The Bertz CT molecular complexity index is 913. The molecule has 27 heavy (non-hydrogen) atoms. The van der Waals surface area contributed by atoms with Gasteiger partial charge in [-0.1, -0.05) is 41.9 Å². The smallest absolute Gasteiger partial charge is 0.257 e. The number of pyridine rings is 1. The largest absolute Gasteiger partial charge is 0.496 e. The van der Waals surface area contributed by atoms with Crippen LogP contribution in [-0.4, -0.2) is 24.5 Å². The van der Waals surface area contributed by atoms with Crippen molar-refractivity contribution in [2.45, 2.75) is 6.42 Å². The van der Waals surface area contributed by atoms with E-state index in [1.54, 1.807) is 31.4 Å². The molecule has 6 heteroatoms. The number of aromatic nitrogens is 1. The molecule has 0 radical (unpaired) electrons. The van der Waals surface area contributed by atoms with E-state index in [4.69, 9.17) is 16.3 Å². The van der Waals surface area contributed by atoms with Gasteiger partial charge in [-0.15, -0.1) is 0 Å². The number of carbonyl (C=O) groups is 1. The fourth-order valence-electron chi connectivity index (χ4n) is 2.62. The Morgan fingerprint density at radius 3 is 2.59 bits per heavy atom. The first-order valence-electron chi connectivity index (χ1n) is 8.55. The maximum absolute atomic E-state index is 12.3.